The number of ether oxygens (including phenoxy) is 6. The summed E-state index contributed by atoms with van der Waals surface area (Å²) >= 11 is 0. The van der Waals surface area contributed by atoms with E-state index in [0.717, 1.165) is 0 Å². The molecule has 37 heavy (non-hydrogen) atoms. The van der Waals surface area contributed by atoms with Crippen molar-refractivity contribution in [2.45, 2.75) is 10.6 Å². The van der Waals surface area contributed by atoms with Gasteiger partial charge in [0.2, 0.25) is 5.75 Å². The first-order chi connectivity index (χ1) is 17.7. The Balaban J connectivity index is 2.07. The van der Waals surface area contributed by atoms with Crippen LogP contribution in [0.1, 0.15) is 16.7 Å². The maximum Gasteiger partial charge on any atom is 0.203 e. The first kappa shape index (κ1) is 27.7. The highest BCUT2D eigenvalue weighted by Gasteiger charge is 2.23. The van der Waals surface area contributed by atoms with Crippen LogP contribution in [-0.2, 0) is 15.6 Å². The second-order valence-electron chi connectivity index (χ2n) is 7.72. The molecule has 3 rings (SSSR count). The molecule has 3 aromatic rings. The fourth-order valence-corrected chi connectivity index (χ4v) is 5.14. The fraction of sp³-hybridized carbons (Fsp3) is 0.259. The lowest BCUT2D eigenvalue weighted by Crippen LogP contribution is -2.09. The molecule has 0 aromatic heterocycles. The van der Waals surface area contributed by atoms with Gasteiger partial charge in [-0.3, -0.25) is 0 Å². The van der Waals surface area contributed by atoms with Gasteiger partial charge < -0.3 is 28.4 Å². The predicted molar refractivity (Wildman–Crippen MR) is 138 cm³/mol. The molecule has 0 aliphatic rings. The lowest BCUT2D eigenvalue weighted by molar-refractivity contribution is 0.324. The molecule has 8 nitrogen and oxygen atoms in total. The van der Waals surface area contributed by atoms with Gasteiger partial charge >= 0.3 is 0 Å². The predicted octanol–water partition coefficient (Wildman–Crippen LogP) is 5.02. The Kier molecular flexibility index (Phi) is 8.88. The van der Waals surface area contributed by atoms with Crippen molar-refractivity contribution in [2.75, 3.05) is 42.7 Å². The van der Waals surface area contributed by atoms with Gasteiger partial charge in [-0.25, -0.2) is 12.8 Å². The summed E-state index contributed by atoms with van der Waals surface area (Å²) in [6, 6.07) is 10.7. The summed E-state index contributed by atoms with van der Waals surface area (Å²) < 4.78 is 73.6. The lowest BCUT2D eigenvalue weighted by Gasteiger charge is -2.14. The summed E-state index contributed by atoms with van der Waals surface area (Å²) in [5.74, 6) is 0.499. The van der Waals surface area contributed by atoms with Crippen LogP contribution in [-0.4, -0.2) is 51.1 Å². The average Bonchev–Trinajstić information content (AvgIpc) is 2.92. The van der Waals surface area contributed by atoms with Gasteiger partial charge in [0.1, 0.15) is 0 Å². The van der Waals surface area contributed by atoms with Crippen LogP contribution in [0.15, 0.2) is 47.4 Å². The quantitative estimate of drug-likeness (QED) is 0.318. The third kappa shape index (κ3) is 5.91. The van der Waals surface area contributed by atoms with E-state index in [-0.39, 0.29) is 22.0 Å². The summed E-state index contributed by atoms with van der Waals surface area (Å²) in [7, 11) is 4.70. The summed E-state index contributed by atoms with van der Waals surface area (Å²) in [4.78, 5) is -0.0353. The standard InChI is InChI=1S/C27H29FO8S/c1-31-21-12-10-19(15-23(21)33-3)37(29,30)16-20-18(9-11-22(32-2)26(20)28)8-7-17-13-24(34-4)27(36-6)25(14-17)35-5/h7-15H,16H2,1-6H3/b8-7-. The summed E-state index contributed by atoms with van der Waals surface area (Å²) in [5.41, 5.74) is 0.980. The van der Waals surface area contributed by atoms with E-state index in [0.29, 0.717) is 34.1 Å². The van der Waals surface area contributed by atoms with E-state index < -0.39 is 21.4 Å². The van der Waals surface area contributed by atoms with Crippen LogP contribution in [0.4, 0.5) is 4.39 Å². The molecular formula is C27H29FO8S. The van der Waals surface area contributed by atoms with Crippen LogP contribution in [0.3, 0.4) is 0 Å². The Hall–Kier alpha value is -3.92. The third-order valence-electron chi connectivity index (χ3n) is 5.65. The van der Waals surface area contributed by atoms with Crippen LogP contribution in [0, 0.1) is 5.82 Å². The van der Waals surface area contributed by atoms with E-state index in [4.69, 9.17) is 28.4 Å². The number of hydrogen-bond acceptors (Lipinski definition) is 8. The Morgan fingerprint density at radius 3 is 1.78 bits per heavy atom. The van der Waals surface area contributed by atoms with Gasteiger partial charge in [0.15, 0.2) is 44.4 Å². The van der Waals surface area contributed by atoms with Crippen LogP contribution >= 0.6 is 0 Å². The van der Waals surface area contributed by atoms with Crippen molar-refractivity contribution in [3.05, 3.63) is 65.0 Å². The van der Waals surface area contributed by atoms with E-state index in [1.807, 2.05) is 0 Å². The summed E-state index contributed by atoms with van der Waals surface area (Å²) in [6.07, 6.45) is 3.31. The number of rotatable bonds is 11. The van der Waals surface area contributed by atoms with Crippen molar-refractivity contribution in [2.24, 2.45) is 0 Å². The molecule has 0 heterocycles. The molecule has 0 spiro atoms. The minimum absolute atomic E-state index is 0.0353. The maximum absolute atomic E-state index is 15.4. The number of methoxy groups -OCH3 is 6. The molecule has 0 N–H and O–H groups in total. The molecule has 0 aliphatic heterocycles. The number of hydrogen-bond donors (Lipinski definition) is 0. The molecule has 0 aliphatic carbocycles. The van der Waals surface area contributed by atoms with Crippen molar-refractivity contribution in [3.63, 3.8) is 0 Å². The first-order valence-corrected chi connectivity index (χ1v) is 12.7. The van der Waals surface area contributed by atoms with E-state index in [1.54, 1.807) is 30.4 Å². The summed E-state index contributed by atoms with van der Waals surface area (Å²) in [5, 5.41) is 0. The molecule has 0 saturated heterocycles. The molecule has 0 saturated carbocycles. The Morgan fingerprint density at radius 1 is 0.676 bits per heavy atom. The van der Waals surface area contributed by atoms with Crippen molar-refractivity contribution < 1.29 is 41.2 Å². The van der Waals surface area contributed by atoms with Crippen LogP contribution in [0.5, 0.6) is 34.5 Å². The molecular weight excluding hydrogens is 503 g/mol. The van der Waals surface area contributed by atoms with Gasteiger partial charge in [0, 0.05) is 11.6 Å². The minimum Gasteiger partial charge on any atom is -0.494 e. The van der Waals surface area contributed by atoms with Gasteiger partial charge in [-0.2, -0.15) is 0 Å². The largest absolute Gasteiger partial charge is 0.494 e. The second-order valence-corrected chi connectivity index (χ2v) is 9.71. The lowest BCUT2D eigenvalue weighted by atomic mass is 10.1. The number of halogens is 1. The highest BCUT2D eigenvalue weighted by atomic mass is 32.2. The minimum atomic E-state index is -3.98. The number of benzene rings is 3. The van der Waals surface area contributed by atoms with Gasteiger partial charge in [-0.15, -0.1) is 0 Å². The molecule has 10 heteroatoms. The molecule has 3 aromatic carbocycles. The Bertz CT molecular complexity index is 1370. The zero-order chi connectivity index (χ0) is 27.2. The molecule has 0 bridgehead atoms. The van der Waals surface area contributed by atoms with Crippen molar-refractivity contribution in [1.29, 1.82) is 0 Å². The van der Waals surface area contributed by atoms with Crippen molar-refractivity contribution >= 4 is 22.0 Å². The maximum atomic E-state index is 15.4. The van der Waals surface area contributed by atoms with E-state index in [2.05, 4.69) is 0 Å². The molecule has 0 radical (unpaired) electrons. The molecule has 0 atom stereocenters. The third-order valence-corrected chi connectivity index (χ3v) is 7.30. The molecule has 198 valence electrons. The molecule has 0 fully saturated rings. The highest BCUT2D eigenvalue weighted by molar-refractivity contribution is 7.90. The van der Waals surface area contributed by atoms with Crippen LogP contribution in [0.2, 0.25) is 0 Å². The smallest absolute Gasteiger partial charge is 0.203 e. The van der Waals surface area contributed by atoms with Gasteiger partial charge in [-0.1, -0.05) is 18.2 Å². The van der Waals surface area contributed by atoms with E-state index in [1.165, 1.54) is 66.9 Å². The normalized spacial score (nSPS) is 11.3. The number of sulfone groups is 1. The topological polar surface area (TPSA) is 89.5 Å². The first-order valence-electron chi connectivity index (χ1n) is 11.0. The van der Waals surface area contributed by atoms with Crippen molar-refractivity contribution in [3.8, 4) is 34.5 Å². The van der Waals surface area contributed by atoms with E-state index >= 15 is 4.39 Å². The molecule has 0 unspecified atom stereocenters. The zero-order valence-corrected chi connectivity index (χ0v) is 22.3. The highest BCUT2D eigenvalue weighted by Crippen LogP contribution is 2.39. The monoisotopic (exact) mass is 532 g/mol. The molecule has 0 amide bonds. The van der Waals surface area contributed by atoms with E-state index in [9.17, 15) is 8.42 Å². The second kappa shape index (κ2) is 11.9. The summed E-state index contributed by atoms with van der Waals surface area (Å²) in [6.45, 7) is 0. The zero-order valence-electron chi connectivity index (χ0n) is 21.5. The Labute approximate surface area is 216 Å². The van der Waals surface area contributed by atoms with Crippen LogP contribution in [0.25, 0.3) is 12.2 Å². The van der Waals surface area contributed by atoms with Crippen LogP contribution < -0.4 is 28.4 Å². The van der Waals surface area contributed by atoms with Crippen molar-refractivity contribution in [1.82, 2.24) is 0 Å². The average molecular weight is 533 g/mol. The SMILES string of the molecule is COc1ccc(S(=O)(=O)Cc2c(/C=C\c3cc(OC)c(OC)c(OC)c3)ccc(OC)c2F)cc1OC. The van der Waals surface area contributed by atoms with Gasteiger partial charge in [0.05, 0.1) is 53.3 Å². The fourth-order valence-electron chi connectivity index (χ4n) is 3.74. The van der Waals surface area contributed by atoms with Gasteiger partial charge in [0.25, 0.3) is 0 Å². The van der Waals surface area contributed by atoms with Gasteiger partial charge in [-0.05, 0) is 41.5 Å². The Morgan fingerprint density at radius 2 is 1.24 bits per heavy atom.